The molecule has 2 aliphatic rings. The molecule has 2 N–H and O–H groups in total. The molecular weight excluding hydrogens is 376 g/mol. The molecule has 0 saturated carbocycles. The van der Waals surface area contributed by atoms with Gasteiger partial charge in [0.1, 0.15) is 0 Å². The Bertz CT molecular complexity index is 1240. The van der Waals surface area contributed by atoms with Crippen LogP contribution in [0.25, 0.3) is 10.9 Å². The topological polar surface area (TPSA) is 79.3 Å². The molecule has 30 heavy (non-hydrogen) atoms. The summed E-state index contributed by atoms with van der Waals surface area (Å²) in [7, 11) is 0. The van der Waals surface area contributed by atoms with Crippen LogP contribution in [0.5, 0.6) is 0 Å². The zero-order valence-electron chi connectivity index (χ0n) is 16.9. The van der Waals surface area contributed by atoms with Crippen LogP contribution in [0.3, 0.4) is 0 Å². The molecule has 5 heteroatoms. The smallest absolute Gasteiger partial charge is 0.335 e. The van der Waals surface area contributed by atoms with Crippen molar-refractivity contribution in [1.82, 2.24) is 4.98 Å². The van der Waals surface area contributed by atoms with Crippen LogP contribution in [0, 0.1) is 5.41 Å². The first-order valence-corrected chi connectivity index (χ1v) is 10.1. The van der Waals surface area contributed by atoms with Crippen molar-refractivity contribution < 1.29 is 14.7 Å². The molecule has 0 radical (unpaired) electrons. The van der Waals surface area contributed by atoms with E-state index in [1.807, 2.05) is 36.4 Å². The number of aromatic carboxylic acids is 1. The SMILES string of the molecule is CC1(C)CC(=O)C2=C(C1)Nc1ccc3ncccc3c1C2c1ccc(C(=O)O)cc1. The molecule has 0 amide bonds. The van der Waals surface area contributed by atoms with Crippen LogP contribution in [0.1, 0.15) is 54.1 Å². The van der Waals surface area contributed by atoms with Gasteiger partial charge in [-0.25, -0.2) is 4.79 Å². The van der Waals surface area contributed by atoms with Gasteiger partial charge in [0.05, 0.1) is 11.1 Å². The zero-order valence-corrected chi connectivity index (χ0v) is 16.9. The van der Waals surface area contributed by atoms with Gasteiger partial charge in [-0.1, -0.05) is 32.0 Å². The number of hydrogen-bond acceptors (Lipinski definition) is 4. The number of pyridine rings is 1. The van der Waals surface area contributed by atoms with E-state index in [0.717, 1.165) is 45.4 Å². The molecule has 0 fully saturated rings. The van der Waals surface area contributed by atoms with E-state index in [0.29, 0.717) is 6.42 Å². The number of fused-ring (bicyclic) bond motifs is 3. The standard InChI is InChI=1S/C25H22N2O3/c1-25(2)12-19-23(20(28)13-25)21(14-5-7-15(8-6-14)24(29)30)22-16-4-3-11-26-17(16)9-10-18(22)27-19/h3-11,21,27H,12-13H2,1-2H3,(H,29,30). The fourth-order valence-electron chi connectivity index (χ4n) is 4.83. The number of carboxylic acids is 1. The Labute approximate surface area is 174 Å². The van der Waals surface area contributed by atoms with E-state index in [2.05, 4.69) is 24.1 Å². The van der Waals surface area contributed by atoms with Crippen LogP contribution in [0.15, 0.2) is 66.0 Å². The van der Waals surface area contributed by atoms with Crippen molar-refractivity contribution in [3.63, 3.8) is 0 Å². The summed E-state index contributed by atoms with van der Waals surface area (Å²) in [4.78, 5) is 29.2. The Morgan fingerprint density at radius 1 is 1.10 bits per heavy atom. The molecular formula is C25H22N2O3. The normalized spacial score (nSPS) is 19.8. The second-order valence-electron chi connectivity index (χ2n) is 8.92. The van der Waals surface area contributed by atoms with Crippen molar-refractivity contribution in [3.05, 3.63) is 82.7 Å². The monoisotopic (exact) mass is 398 g/mol. The third kappa shape index (κ3) is 2.89. The second-order valence-corrected chi connectivity index (χ2v) is 8.92. The molecule has 3 aromatic rings. The zero-order chi connectivity index (χ0) is 21.0. The van der Waals surface area contributed by atoms with Gasteiger partial charge in [0, 0.05) is 40.9 Å². The highest BCUT2D eigenvalue weighted by atomic mass is 16.4. The minimum atomic E-state index is -0.961. The van der Waals surface area contributed by atoms with Crippen molar-refractivity contribution in [2.45, 2.75) is 32.6 Å². The number of ketones is 1. The van der Waals surface area contributed by atoms with Gasteiger partial charge < -0.3 is 10.4 Å². The number of nitrogens with zero attached hydrogens (tertiary/aromatic N) is 1. The van der Waals surface area contributed by atoms with Crippen molar-refractivity contribution in [1.29, 1.82) is 0 Å². The molecule has 2 heterocycles. The summed E-state index contributed by atoms with van der Waals surface area (Å²) in [5, 5.41) is 13.8. The fraction of sp³-hybridized carbons (Fsp3) is 0.240. The maximum atomic E-state index is 13.3. The number of carbonyl (C=O) groups is 2. The Hall–Kier alpha value is -3.47. The molecule has 150 valence electrons. The first-order valence-electron chi connectivity index (χ1n) is 10.1. The minimum absolute atomic E-state index is 0.101. The summed E-state index contributed by atoms with van der Waals surface area (Å²) in [6, 6.07) is 14.8. The summed E-state index contributed by atoms with van der Waals surface area (Å²) in [5.74, 6) is -1.07. The maximum absolute atomic E-state index is 13.3. The van der Waals surface area contributed by atoms with Crippen LogP contribution in [-0.4, -0.2) is 21.8 Å². The molecule has 0 saturated heterocycles. The number of rotatable bonds is 2. The van der Waals surface area contributed by atoms with Crippen molar-refractivity contribution in [2.24, 2.45) is 5.41 Å². The summed E-state index contributed by atoms with van der Waals surface area (Å²) >= 11 is 0. The van der Waals surface area contributed by atoms with Crippen molar-refractivity contribution >= 4 is 28.3 Å². The second kappa shape index (κ2) is 6.52. The number of nitrogens with one attached hydrogen (secondary N) is 1. The number of anilines is 1. The highest BCUT2D eigenvalue weighted by Gasteiger charge is 2.41. The van der Waals surface area contributed by atoms with Gasteiger partial charge in [0.2, 0.25) is 0 Å². The van der Waals surface area contributed by atoms with Gasteiger partial charge in [0.25, 0.3) is 0 Å². The number of Topliss-reactive ketones (excluding diaryl/α,β-unsaturated/α-hetero) is 1. The number of aromatic nitrogens is 1. The average Bonchev–Trinajstić information content (AvgIpc) is 2.71. The lowest BCUT2D eigenvalue weighted by Crippen LogP contribution is -2.33. The lowest BCUT2D eigenvalue weighted by molar-refractivity contribution is -0.118. The molecule has 0 bridgehead atoms. The van der Waals surface area contributed by atoms with Crippen LogP contribution in [-0.2, 0) is 4.79 Å². The first-order chi connectivity index (χ1) is 14.3. The van der Waals surface area contributed by atoms with Crippen molar-refractivity contribution in [3.8, 4) is 0 Å². The molecule has 1 atom stereocenters. The number of carboxylic acid groups (broad SMARTS) is 1. The van der Waals surface area contributed by atoms with E-state index in [-0.39, 0.29) is 22.7 Å². The third-order valence-corrected chi connectivity index (χ3v) is 6.10. The Morgan fingerprint density at radius 3 is 2.60 bits per heavy atom. The predicted octanol–water partition coefficient (Wildman–Crippen LogP) is 5.13. The molecule has 1 aromatic heterocycles. The predicted molar refractivity (Wildman–Crippen MR) is 116 cm³/mol. The maximum Gasteiger partial charge on any atom is 0.335 e. The van der Waals surface area contributed by atoms with E-state index in [1.165, 1.54) is 0 Å². The molecule has 5 nitrogen and oxygen atoms in total. The largest absolute Gasteiger partial charge is 0.478 e. The highest BCUT2D eigenvalue weighted by Crippen LogP contribution is 2.50. The summed E-state index contributed by atoms with van der Waals surface area (Å²) in [6.07, 6.45) is 3.05. The molecule has 0 spiro atoms. The lowest BCUT2D eigenvalue weighted by Gasteiger charge is -2.40. The number of hydrogen-bond donors (Lipinski definition) is 2. The summed E-state index contributed by atoms with van der Waals surface area (Å²) in [5.41, 5.74) is 5.69. The summed E-state index contributed by atoms with van der Waals surface area (Å²) < 4.78 is 0. The molecule has 1 unspecified atom stereocenters. The van der Waals surface area contributed by atoms with Crippen LogP contribution >= 0.6 is 0 Å². The van der Waals surface area contributed by atoms with Gasteiger partial charge >= 0.3 is 5.97 Å². The van der Waals surface area contributed by atoms with Crippen LogP contribution < -0.4 is 5.32 Å². The lowest BCUT2D eigenvalue weighted by atomic mass is 9.68. The summed E-state index contributed by atoms with van der Waals surface area (Å²) in [6.45, 7) is 4.24. The van der Waals surface area contributed by atoms with Gasteiger partial charge in [-0.15, -0.1) is 0 Å². The van der Waals surface area contributed by atoms with E-state index in [4.69, 9.17) is 0 Å². The fourth-order valence-corrected chi connectivity index (χ4v) is 4.83. The Kier molecular flexibility index (Phi) is 4.03. The van der Waals surface area contributed by atoms with E-state index >= 15 is 0 Å². The van der Waals surface area contributed by atoms with Crippen LogP contribution in [0.2, 0.25) is 0 Å². The number of allylic oxidation sites excluding steroid dienone is 2. The minimum Gasteiger partial charge on any atom is -0.478 e. The third-order valence-electron chi connectivity index (χ3n) is 6.10. The van der Waals surface area contributed by atoms with E-state index < -0.39 is 5.97 Å². The molecule has 5 rings (SSSR count). The highest BCUT2D eigenvalue weighted by molar-refractivity contribution is 6.04. The molecule has 1 aliphatic carbocycles. The Morgan fingerprint density at radius 2 is 1.87 bits per heavy atom. The van der Waals surface area contributed by atoms with Crippen LogP contribution in [0.4, 0.5) is 5.69 Å². The average molecular weight is 398 g/mol. The molecule has 1 aliphatic heterocycles. The van der Waals surface area contributed by atoms with E-state index in [9.17, 15) is 14.7 Å². The van der Waals surface area contributed by atoms with Gasteiger partial charge in [0.15, 0.2) is 5.78 Å². The van der Waals surface area contributed by atoms with E-state index in [1.54, 1.807) is 18.3 Å². The first kappa shape index (κ1) is 18.6. The van der Waals surface area contributed by atoms with Gasteiger partial charge in [-0.3, -0.25) is 9.78 Å². The molecule has 2 aromatic carbocycles. The number of benzene rings is 2. The van der Waals surface area contributed by atoms with Gasteiger partial charge in [-0.05, 0) is 53.3 Å². The van der Waals surface area contributed by atoms with Crippen molar-refractivity contribution in [2.75, 3.05) is 5.32 Å². The number of carbonyl (C=O) groups excluding carboxylic acids is 1. The van der Waals surface area contributed by atoms with Gasteiger partial charge in [-0.2, -0.15) is 0 Å². The quantitative estimate of drug-likeness (QED) is 0.625. The Balaban J connectivity index is 1.78.